The molecule has 0 aliphatic heterocycles. The molecule has 2 rings (SSSR count). The van der Waals surface area contributed by atoms with Gasteiger partial charge in [0, 0.05) is 17.3 Å². The van der Waals surface area contributed by atoms with Gasteiger partial charge in [-0.05, 0) is 0 Å². The minimum absolute atomic E-state index is 0.122. The van der Waals surface area contributed by atoms with Crippen molar-refractivity contribution in [2.24, 2.45) is 0 Å². The van der Waals surface area contributed by atoms with E-state index in [1.165, 1.54) is 7.11 Å². The number of carbonyl (C=O) groups excluding carboxylic acids is 1. The molecule has 4 nitrogen and oxygen atoms in total. The number of hydrogen-bond acceptors (Lipinski definition) is 3. The highest BCUT2D eigenvalue weighted by atomic mass is 16.5. The molecular weight excluding hydrogens is 218 g/mol. The Bertz CT molecular complexity index is 517. The number of ether oxygens (including phenoxy) is 1. The van der Waals surface area contributed by atoms with Crippen molar-refractivity contribution in [2.75, 3.05) is 7.11 Å². The van der Waals surface area contributed by atoms with Crippen LogP contribution < -0.4 is 0 Å². The van der Waals surface area contributed by atoms with Crippen molar-refractivity contribution in [3.05, 3.63) is 42.1 Å². The van der Waals surface area contributed by atoms with E-state index in [1.54, 1.807) is 6.07 Å². The Morgan fingerprint density at radius 1 is 1.35 bits per heavy atom. The molecule has 4 heteroatoms. The first kappa shape index (κ1) is 11.3. The molecule has 2 N–H and O–H groups in total. The van der Waals surface area contributed by atoms with Crippen molar-refractivity contribution >= 4 is 5.97 Å². The molecular formula is C13H13NO3. The highest BCUT2D eigenvalue weighted by Gasteiger charge is 2.11. The molecule has 88 valence electrons. The molecule has 0 aliphatic carbocycles. The fourth-order valence-electron chi connectivity index (χ4n) is 1.65. The summed E-state index contributed by atoms with van der Waals surface area (Å²) in [7, 11) is 1.34. The van der Waals surface area contributed by atoms with Gasteiger partial charge in [-0.15, -0.1) is 0 Å². The molecule has 1 aromatic carbocycles. The van der Waals surface area contributed by atoms with Crippen LogP contribution in [0.5, 0.6) is 5.75 Å². The van der Waals surface area contributed by atoms with Crippen LogP contribution in [0.4, 0.5) is 0 Å². The Morgan fingerprint density at radius 3 is 2.71 bits per heavy atom. The topological polar surface area (TPSA) is 62.3 Å². The normalized spacial score (nSPS) is 10.2. The molecule has 0 fully saturated rings. The summed E-state index contributed by atoms with van der Waals surface area (Å²) in [4.78, 5) is 14.1. The van der Waals surface area contributed by atoms with Crippen LogP contribution in [0.3, 0.4) is 0 Å². The first-order valence-electron chi connectivity index (χ1n) is 5.24. The molecule has 0 aliphatic rings. The van der Waals surface area contributed by atoms with Gasteiger partial charge in [0.25, 0.3) is 0 Å². The minimum Gasteiger partial charge on any atom is -0.506 e. The van der Waals surface area contributed by atoms with Gasteiger partial charge in [0.15, 0.2) is 0 Å². The number of nitrogens with one attached hydrogen (secondary N) is 1. The second-order valence-electron chi connectivity index (χ2n) is 3.67. The number of aromatic nitrogens is 1. The lowest BCUT2D eigenvalue weighted by molar-refractivity contribution is -0.139. The Morgan fingerprint density at radius 2 is 2.06 bits per heavy atom. The van der Waals surface area contributed by atoms with Crippen molar-refractivity contribution in [2.45, 2.75) is 6.42 Å². The van der Waals surface area contributed by atoms with Gasteiger partial charge < -0.3 is 14.8 Å². The standard InChI is InChI=1S/C13H13NO3/c1-17-12(16)8-10-7-11(15)13(14-10)9-5-3-2-4-6-9/h2-7,14-15H,8H2,1H3. The third-order valence-electron chi connectivity index (χ3n) is 2.48. The summed E-state index contributed by atoms with van der Waals surface area (Å²) in [6.07, 6.45) is 0.122. The van der Waals surface area contributed by atoms with E-state index in [1.807, 2.05) is 30.3 Å². The number of methoxy groups -OCH3 is 1. The average molecular weight is 231 g/mol. The molecule has 2 aromatic rings. The number of aromatic amines is 1. The van der Waals surface area contributed by atoms with Crippen LogP contribution >= 0.6 is 0 Å². The van der Waals surface area contributed by atoms with E-state index in [4.69, 9.17) is 0 Å². The molecule has 1 heterocycles. The van der Waals surface area contributed by atoms with E-state index in [9.17, 15) is 9.90 Å². The van der Waals surface area contributed by atoms with Crippen LogP contribution in [0.25, 0.3) is 11.3 Å². The Hall–Kier alpha value is -2.23. The lowest BCUT2D eigenvalue weighted by Crippen LogP contribution is -2.04. The maximum absolute atomic E-state index is 11.1. The van der Waals surface area contributed by atoms with Gasteiger partial charge >= 0.3 is 5.97 Å². The SMILES string of the molecule is COC(=O)Cc1cc(O)c(-c2ccccc2)[nH]1. The number of aromatic hydroxyl groups is 1. The summed E-state index contributed by atoms with van der Waals surface area (Å²) < 4.78 is 4.57. The first-order valence-corrected chi connectivity index (χ1v) is 5.24. The summed E-state index contributed by atoms with van der Waals surface area (Å²) >= 11 is 0. The van der Waals surface area contributed by atoms with Crippen LogP contribution in [0.1, 0.15) is 5.69 Å². The van der Waals surface area contributed by atoms with E-state index in [-0.39, 0.29) is 18.1 Å². The zero-order valence-electron chi connectivity index (χ0n) is 9.43. The predicted octanol–water partition coefficient (Wildman–Crippen LogP) is 2.10. The quantitative estimate of drug-likeness (QED) is 0.795. The van der Waals surface area contributed by atoms with Crippen molar-refractivity contribution in [3.63, 3.8) is 0 Å². The molecule has 0 atom stereocenters. The summed E-state index contributed by atoms with van der Waals surface area (Å²) in [5, 5.41) is 9.79. The van der Waals surface area contributed by atoms with Crippen LogP contribution in [0.15, 0.2) is 36.4 Å². The summed E-state index contributed by atoms with van der Waals surface area (Å²) in [6, 6.07) is 11.0. The second kappa shape index (κ2) is 4.74. The molecule has 0 saturated carbocycles. The van der Waals surface area contributed by atoms with Gasteiger partial charge in [0.05, 0.1) is 19.2 Å². The second-order valence-corrected chi connectivity index (χ2v) is 3.67. The van der Waals surface area contributed by atoms with Crippen LogP contribution in [0.2, 0.25) is 0 Å². The fraction of sp³-hybridized carbons (Fsp3) is 0.154. The van der Waals surface area contributed by atoms with E-state index in [0.29, 0.717) is 11.4 Å². The Labute approximate surface area is 98.9 Å². The number of hydrogen-bond donors (Lipinski definition) is 2. The molecule has 0 saturated heterocycles. The summed E-state index contributed by atoms with van der Waals surface area (Å²) in [6.45, 7) is 0. The van der Waals surface area contributed by atoms with Crippen molar-refractivity contribution in [1.82, 2.24) is 4.98 Å². The highest BCUT2D eigenvalue weighted by molar-refractivity contribution is 5.74. The molecule has 0 unspecified atom stereocenters. The zero-order valence-corrected chi connectivity index (χ0v) is 9.43. The van der Waals surface area contributed by atoms with Crippen LogP contribution in [-0.4, -0.2) is 23.2 Å². The molecule has 0 bridgehead atoms. The maximum atomic E-state index is 11.1. The molecule has 0 amide bonds. The summed E-state index contributed by atoms with van der Waals surface area (Å²) in [5.74, 6) is -0.207. The Kier molecular flexibility index (Phi) is 3.14. The van der Waals surface area contributed by atoms with Crippen molar-refractivity contribution < 1.29 is 14.6 Å². The molecule has 1 aromatic heterocycles. The van der Waals surface area contributed by atoms with E-state index in [0.717, 1.165) is 5.56 Å². The number of H-pyrrole nitrogens is 1. The smallest absolute Gasteiger partial charge is 0.311 e. The monoisotopic (exact) mass is 231 g/mol. The van der Waals surface area contributed by atoms with Gasteiger partial charge in [-0.3, -0.25) is 4.79 Å². The Balaban J connectivity index is 2.28. The van der Waals surface area contributed by atoms with E-state index < -0.39 is 0 Å². The summed E-state index contributed by atoms with van der Waals surface area (Å²) in [5.41, 5.74) is 2.12. The van der Waals surface area contributed by atoms with Crippen molar-refractivity contribution in [3.8, 4) is 17.0 Å². The average Bonchev–Trinajstić information content (AvgIpc) is 2.71. The van der Waals surface area contributed by atoms with Gasteiger partial charge in [-0.2, -0.15) is 0 Å². The van der Waals surface area contributed by atoms with E-state index >= 15 is 0 Å². The van der Waals surface area contributed by atoms with Gasteiger partial charge in [0.2, 0.25) is 0 Å². The fourth-order valence-corrected chi connectivity index (χ4v) is 1.65. The third-order valence-corrected chi connectivity index (χ3v) is 2.48. The largest absolute Gasteiger partial charge is 0.506 e. The van der Waals surface area contributed by atoms with Gasteiger partial charge in [0.1, 0.15) is 5.75 Å². The first-order chi connectivity index (χ1) is 8.20. The number of carbonyl (C=O) groups is 1. The molecule has 0 radical (unpaired) electrons. The zero-order chi connectivity index (χ0) is 12.3. The van der Waals surface area contributed by atoms with Gasteiger partial charge in [-0.25, -0.2) is 0 Å². The predicted molar refractivity (Wildman–Crippen MR) is 63.6 cm³/mol. The van der Waals surface area contributed by atoms with Crippen molar-refractivity contribution in [1.29, 1.82) is 0 Å². The van der Waals surface area contributed by atoms with Crippen LogP contribution in [0, 0.1) is 0 Å². The molecule has 17 heavy (non-hydrogen) atoms. The lowest BCUT2D eigenvalue weighted by Gasteiger charge is -1.99. The number of esters is 1. The molecule has 0 spiro atoms. The number of benzene rings is 1. The highest BCUT2D eigenvalue weighted by Crippen LogP contribution is 2.29. The van der Waals surface area contributed by atoms with E-state index in [2.05, 4.69) is 9.72 Å². The van der Waals surface area contributed by atoms with Gasteiger partial charge in [-0.1, -0.05) is 30.3 Å². The maximum Gasteiger partial charge on any atom is 0.311 e. The van der Waals surface area contributed by atoms with Crippen LogP contribution in [-0.2, 0) is 16.0 Å². The number of rotatable bonds is 3. The lowest BCUT2D eigenvalue weighted by atomic mass is 10.1. The minimum atomic E-state index is -0.342. The third kappa shape index (κ3) is 2.47.